The number of benzene rings is 6. The van der Waals surface area contributed by atoms with Gasteiger partial charge in [-0.25, -0.2) is 4.98 Å². The first kappa shape index (κ1) is 34.8. The van der Waals surface area contributed by atoms with E-state index >= 15 is 0 Å². The molecule has 0 saturated heterocycles. The predicted molar refractivity (Wildman–Crippen MR) is 220 cm³/mol. The number of aryl methyl sites for hydroxylation is 1. The fourth-order valence-corrected chi connectivity index (χ4v) is 12.7. The van der Waals surface area contributed by atoms with Gasteiger partial charge in [0, 0.05) is 17.3 Å². The number of hydrogen-bond acceptors (Lipinski definition) is 3. The molecule has 6 aromatic carbocycles. The molecule has 2 aromatic heterocycles. The Morgan fingerprint density at radius 3 is 1.96 bits per heavy atom. The van der Waals surface area contributed by atoms with Gasteiger partial charge in [-0.1, -0.05) is 102 Å². The molecule has 0 radical (unpaired) electrons. The van der Waals surface area contributed by atoms with Crippen LogP contribution < -0.4 is 30.5 Å². The summed E-state index contributed by atoms with van der Waals surface area (Å²) in [6, 6.07) is 63.4. The topological polar surface area (TPSA) is 24.3 Å². The summed E-state index contributed by atoms with van der Waals surface area (Å²) in [5.74, 6) is 0.899. The van der Waals surface area contributed by atoms with Crippen molar-refractivity contribution in [3.63, 3.8) is 0 Å². The molecule has 0 atom stereocenters. The van der Waals surface area contributed by atoms with Gasteiger partial charge in [-0.15, -0.1) is 11.5 Å². The molecule has 8 aromatic rings. The van der Waals surface area contributed by atoms with Crippen molar-refractivity contribution in [2.45, 2.75) is 33.2 Å². The Balaban J connectivity index is 0.00000400. The van der Waals surface area contributed by atoms with Gasteiger partial charge in [-0.3, -0.25) is 0 Å². The quantitative estimate of drug-likeness (QED) is 0.0958. The molecule has 4 nitrogen and oxygen atoms in total. The van der Waals surface area contributed by atoms with Crippen molar-refractivity contribution in [3.8, 4) is 5.82 Å². The molecular weight excluding hydrogens is 844 g/mol. The first-order chi connectivity index (χ1) is 25.3. The van der Waals surface area contributed by atoms with E-state index in [0.29, 0.717) is 0 Å². The average molecular weight is 884 g/mol. The molecule has 53 heavy (non-hydrogen) atoms. The fraction of sp³-hybridized carbons (Fsp3) is 0.128. The van der Waals surface area contributed by atoms with Crippen molar-refractivity contribution in [1.82, 2.24) is 9.55 Å². The number of hydrogen-bond donors (Lipinski definition) is 0. The Kier molecular flexibility index (Phi) is 8.96. The van der Waals surface area contributed by atoms with Crippen LogP contribution in [-0.4, -0.2) is 29.8 Å². The minimum absolute atomic E-state index is 0. The zero-order valence-corrected chi connectivity index (χ0v) is 33.6. The maximum Gasteiger partial charge on any atom is 2.00 e. The summed E-state index contributed by atoms with van der Waals surface area (Å²) in [6.07, 6.45) is 1.90. The van der Waals surface area contributed by atoms with Crippen LogP contribution in [0.5, 0.6) is 0 Å². The Morgan fingerprint density at radius 2 is 1.26 bits per heavy atom. The van der Waals surface area contributed by atoms with Crippen LogP contribution >= 0.6 is 0 Å². The van der Waals surface area contributed by atoms with Crippen LogP contribution in [0.4, 0.5) is 17.1 Å². The van der Waals surface area contributed by atoms with Crippen LogP contribution in [0.2, 0.25) is 0 Å². The normalized spacial score (nSPS) is 13.0. The van der Waals surface area contributed by atoms with Gasteiger partial charge in [0.1, 0.15) is 13.9 Å². The van der Waals surface area contributed by atoms with Gasteiger partial charge in [0.25, 0.3) is 0 Å². The first-order valence-electron chi connectivity index (χ1n) is 18.0. The molecule has 0 aliphatic carbocycles. The number of rotatable bonds is 6. The molecule has 0 fully saturated rings. The minimum Gasteiger partial charge on any atom is -0.347 e. The maximum absolute atomic E-state index is 4.88. The smallest absolute Gasteiger partial charge is 0.347 e. The molecule has 0 N–H and O–H groups in total. The van der Waals surface area contributed by atoms with Crippen molar-refractivity contribution in [3.05, 3.63) is 176 Å². The van der Waals surface area contributed by atoms with Crippen LogP contribution in [0.3, 0.4) is 0 Å². The summed E-state index contributed by atoms with van der Waals surface area (Å²) in [7, 11) is -3.01. The molecular formula is C47H40N4PtSi. The zero-order chi connectivity index (χ0) is 35.5. The third-order valence-corrected chi connectivity index (χ3v) is 15.2. The summed E-state index contributed by atoms with van der Waals surface area (Å²) in [5.41, 5.74) is 6.82. The molecule has 0 saturated carbocycles. The standard InChI is InChI=1S/C47H40N4Si.Pt/c1-34-28-29-48-46(30-34)51-42-23-12-11-22-40(42)41-27-26-39(32-45(41)51)52(36-17-7-5-8-18-36,37-19-9-6-10-20-37)38-21-15-16-35(31-38)49-33-50(47(2,3)4)44-25-14-13-24-43(44)49;/h5-30H,33H2,1-4H3;/q-2;+2. The molecule has 262 valence electrons. The number of aromatic nitrogens is 2. The average Bonchev–Trinajstić information content (AvgIpc) is 3.73. The molecule has 1 aliphatic rings. The fourth-order valence-electron chi connectivity index (χ4n) is 8.13. The second-order valence-electron chi connectivity index (χ2n) is 14.8. The van der Waals surface area contributed by atoms with Gasteiger partial charge >= 0.3 is 21.1 Å². The van der Waals surface area contributed by atoms with Gasteiger partial charge in [0.2, 0.25) is 0 Å². The van der Waals surface area contributed by atoms with Crippen LogP contribution in [0.25, 0.3) is 27.6 Å². The van der Waals surface area contributed by atoms with Crippen LogP contribution in [-0.2, 0) is 21.1 Å². The molecule has 0 amide bonds. The van der Waals surface area contributed by atoms with Crippen LogP contribution in [0.15, 0.2) is 158 Å². The van der Waals surface area contributed by atoms with E-state index in [9.17, 15) is 0 Å². The van der Waals surface area contributed by atoms with Crippen molar-refractivity contribution >= 4 is 67.7 Å². The Labute approximate surface area is 327 Å². The SMILES string of the molecule is Cc1ccnc(-n2c3[c-]c([Si](c4[c-]c(N5CN(C(C)(C)C)c6ccccc65)ccc4)(c4ccccc4)c4ccccc4)ccc3c3ccccc32)c1.[Pt+2]. The van der Waals surface area contributed by atoms with Crippen molar-refractivity contribution in [1.29, 1.82) is 0 Å². The van der Waals surface area contributed by atoms with E-state index < -0.39 is 8.07 Å². The second-order valence-corrected chi connectivity index (χ2v) is 18.5. The summed E-state index contributed by atoms with van der Waals surface area (Å²) in [4.78, 5) is 9.80. The number of fused-ring (bicyclic) bond motifs is 4. The largest absolute Gasteiger partial charge is 2.00 e. The van der Waals surface area contributed by atoms with Crippen molar-refractivity contribution in [2.75, 3.05) is 16.5 Å². The van der Waals surface area contributed by atoms with E-state index in [1.807, 2.05) is 6.20 Å². The monoisotopic (exact) mass is 883 g/mol. The van der Waals surface area contributed by atoms with Gasteiger partial charge in [-0.2, -0.15) is 46.8 Å². The third-order valence-electron chi connectivity index (χ3n) is 10.6. The van der Waals surface area contributed by atoms with Gasteiger partial charge in [0.15, 0.2) is 0 Å². The molecule has 3 heterocycles. The van der Waals surface area contributed by atoms with Gasteiger partial charge < -0.3 is 14.4 Å². The molecule has 0 spiro atoms. The number of pyridine rings is 1. The van der Waals surface area contributed by atoms with Gasteiger partial charge in [0.05, 0.1) is 18.0 Å². The second kappa shape index (κ2) is 13.6. The summed E-state index contributed by atoms with van der Waals surface area (Å²) in [5, 5.41) is 7.32. The summed E-state index contributed by atoms with van der Waals surface area (Å²) in [6.45, 7) is 9.74. The van der Waals surface area contributed by atoms with Crippen molar-refractivity contribution in [2.24, 2.45) is 0 Å². The molecule has 6 heteroatoms. The van der Waals surface area contributed by atoms with E-state index in [1.54, 1.807) is 0 Å². The Morgan fingerprint density at radius 1 is 0.623 bits per heavy atom. The minimum atomic E-state index is -3.01. The molecule has 0 unspecified atom stereocenters. The van der Waals surface area contributed by atoms with E-state index in [1.165, 1.54) is 48.5 Å². The number of nitrogens with zero attached hydrogens (tertiary/aromatic N) is 4. The molecule has 0 bridgehead atoms. The Hall–Kier alpha value is -5.22. The zero-order valence-electron chi connectivity index (χ0n) is 30.3. The van der Waals surface area contributed by atoms with Crippen LogP contribution in [0, 0.1) is 19.1 Å². The number of para-hydroxylation sites is 3. The summed E-state index contributed by atoms with van der Waals surface area (Å²) < 4.78 is 2.29. The molecule has 1 aliphatic heterocycles. The first-order valence-corrected chi connectivity index (χ1v) is 20.0. The molecule has 9 rings (SSSR count). The van der Waals surface area contributed by atoms with E-state index in [0.717, 1.165) is 29.2 Å². The predicted octanol–water partition coefficient (Wildman–Crippen LogP) is 8.18. The Bertz CT molecular complexity index is 2540. The third kappa shape index (κ3) is 5.74. The number of anilines is 3. The van der Waals surface area contributed by atoms with Crippen molar-refractivity contribution < 1.29 is 21.1 Å². The van der Waals surface area contributed by atoms with Crippen LogP contribution in [0.1, 0.15) is 26.3 Å². The van der Waals surface area contributed by atoms with E-state index in [2.05, 4.69) is 206 Å². The van der Waals surface area contributed by atoms with Gasteiger partial charge in [-0.05, 0) is 79.3 Å². The summed E-state index contributed by atoms with van der Waals surface area (Å²) >= 11 is 0. The van der Waals surface area contributed by atoms with E-state index in [4.69, 9.17) is 4.98 Å². The maximum atomic E-state index is 4.88. The van der Waals surface area contributed by atoms with E-state index in [-0.39, 0.29) is 26.6 Å².